The SMILES string of the molecule is C=CCC(C)(C)CC(C)(C)CC(C)(C)c1cc(C(C)(C)C)cc(C(C)(C)CC(C)(C)CC(C)(C)CC=C)c1. The van der Waals surface area contributed by atoms with Crippen LogP contribution in [-0.2, 0) is 16.2 Å². The second kappa shape index (κ2) is 11.7. The summed E-state index contributed by atoms with van der Waals surface area (Å²) in [6, 6.07) is 7.59. The van der Waals surface area contributed by atoms with E-state index in [4.69, 9.17) is 0 Å². The molecule has 0 aliphatic carbocycles. The van der Waals surface area contributed by atoms with Crippen molar-refractivity contribution in [3.63, 3.8) is 0 Å². The smallest absolute Gasteiger partial charge is 0.00983 e. The molecule has 0 aromatic heterocycles. The molecule has 0 radical (unpaired) electrons. The molecule has 1 aromatic rings. The third-order valence-electron chi connectivity index (χ3n) is 8.51. The highest BCUT2D eigenvalue weighted by Crippen LogP contribution is 2.48. The maximum atomic E-state index is 4.01. The molecule has 0 saturated heterocycles. The molecule has 1 rings (SSSR count). The number of hydrogen-bond donors (Lipinski definition) is 0. The molecule has 0 heteroatoms. The van der Waals surface area contributed by atoms with Gasteiger partial charge in [0, 0.05) is 0 Å². The standard InChI is InChI=1S/C38H66/c1-18-20-33(6,7)25-35(10,11)27-37(14,15)30-22-29(32(3,4)5)23-31(24-30)38(16,17)28-36(12,13)26-34(8,9)21-19-2/h18-19,22-24H,1-2,20-21,25-28H2,3-17H3. The van der Waals surface area contributed by atoms with Crippen molar-refractivity contribution in [3.8, 4) is 0 Å². The van der Waals surface area contributed by atoms with Crippen LogP contribution in [0.4, 0.5) is 0 Å². The van der Waals surface area contributed by atoms with Gasteiger partial charge in [-0.2, -0.15) is 0 Å². The van der Waals surface area contributed by atoms with E-state index in [1.165, 1.54) is 29.5 Å². The fourth-order valence-electron chi connectivity index (χ4n) is 8.08. The molecular formula is C38H66. The van der Waals surface area contributed by atoms with E-state index in [9.17, 15) is 0 Å². The van der Waals surface area contributed by atoms with Crippen molar-refractivity contribution in [2.45, 2.75) is 159 Å². The molecule has 38 heavy (non-hydrogen) atoms. The van der Waals surface area contributed by atoms with E-state index in [0.29, 0.717) is 0 Å². The number of benzene rings is 1. The zero-order valence-corrected chi connectivity index (χ0v) is 28.5. The second-order valence-corrected chi connectivity index (χ2v) is 18.2. The topological polar surface area (TPSA) is 0 Å². The minimum absolute atomic E-state index is 0.0846. The summed E-state index contributed by atoms with van der Waals surface area (Å²) >= 11 is 0. The molecule has 0 amide bonds. The molecule has 0 fully saturated rings. The van der Waals surface area contributed by atoms with E-state index in [2.05, 4.69) is 147 Å². The van der Waals surface area contributed by atoms with Crippen molar-refractivity contribution in [3.05, 3.63) is 60.2 Å². The maximum absolute atomic E-state index is 4.01. The van der Waals surface area contributed by atoms with E-state index in [1.54, 1.807) is 0 Å². The normalized spacial score (nSPS) is 14.5. The Morgan fingerprint density at radius 1 is 0.447 bits per heavy atom. The predicted molar refractivity (Wildman–Crippen MR) is 174 cm³/mol. The molecule has 0 aliphatic heterocycles. The third-order valence-corrected chi connectivity index (χ3v) is 8.51. The molecule has 0 nitrogen and oxygen atoms in total. The Labute approximate surface area is 240 Å². The van der Waals surface area contributed by atoms with Gasteiger partial charge in [0.25, 0.3) is 0 Å². The van der Waals surface area contributed by atoms with Gasteiger partial charge in [-0.25, -0.2) is 0 Å². The summed E-state index contributed by atoms with van der Waals surface area (Å²) in [6.45, 7) is 44.4. The number of allylic oxidation sites excluding steroid dienone is 2. The van der Waals surface area contributed by atoms with Crippen LogP contribution in [0.25, 0.3) is 0 Å². The van der Waals surface area contributed by atoms with Crippen LogP contribution in [0.1, 0.15) is 159 Å². The molecule has 0 N–H and O–H groups in total. The van der Waals surface area contributed by atoms with E-state index in [1.807, 2.05) is 0 Å². The van der Waals surface area contributed by atoms with Crippen LogP contribution in [0.2, 0.25) is 0 Å². The summed E-state index contributed by atoms with van der Waals surface area (Å²) in [7, 11) is 0. The molecule has 0 heterocycles. The first-order valence-corrected chi connectivity index (χ1v) is 15.2. The molecule has 0 atom stereocenters. The summed E-state index contributed by atoms with van der Waals surface area (Å²) in [5.74, 6) is 0. The Hall–Kier alpha value is -1.30. The Balaban J connectivity index is 3.49. The van der Waals surface area contributed by atoms with Crippen LogP contribution in [0, 0.1) is 21.7 Å². The van der Waals surface area contributed by atoms with Crippen LogP contribution < -0.4 is 0 Å². The molecule has 0 unspecified atom stereocenters. The Morgan fingerprint density at radius 3 is 1.00 bits per heavy atom. The molecule has 0 spiro atoms. The lowest BCUT2D eigenvalue weighted by atomic mass is 9.63. The van der Waals surface area contributed by atoms with Gasteiger partial charge in [0.1, 0.15) is 0 Å². The molecule has 0 aliphatic rings. The summed E-state index contributed by atoms with van der Waals surface area (Å²) < 4.78 is 0. The van der Waals surface area contributed by atoms with Gasteiger partial charge >= 0.3 is 0 Å². The first-order chi connectivity index (χ1) is 16.8. The molecule has 0 saturated carbocycles. The summed E-state index contributed by atoms with van der Waals surface area (Å²) in [4.78, 5) is 0. The first-order valence-electron chi connectivity index (χ1n) is 15.2. The zero-order valence-electron chi connectivity index (χ0n) is 28.5. The minimum Gasteiger partial charge on any atom is -0.103 e. The highest BCUT2D eigenvalue weighted by Gasteiger charge is 2.38. The van der Waals surface area contributed by atoms with Crippen LogP contribution in [0.15, 0.2) is 43.5 Å². The quantitative estimate of drug-likeness (QED) is 0.213. The molecule has 218 valence electrons. The van der Waals surface area contributed by atoms with E-state index in [0.717, 1.165) is 25.7 Å². The zero-order chi connectivity index (χ0) is 30.0. The highest BCUT2D eigenvalue weighted by molar-refractivity contribution is 5.41. The van der Waals surface area contributed by atoms with Crippen molar-refractivity contribution in [1.82, 2.24) is 0 Å². The average Bonchev–Trinajstić information content (AvgIpc) is 2.62. The van der Waals surface area contributed by atoms with Crippen molar-refractivity contribution in [2.75, 3.05) is 0 Å². The lowest BCUT2D eigenvalue weighted by molar-refractivity contribution is 0.153. The largest absolute Gasteiger partial charge is 0.103 e. The van der Waals surface area contributed by atoms with Gasteiger partial charge in [-0.05, 0) is 93.1 Å². The van der Waals surface area contributed by atoms with Gasteiger partial charge in [0.05, 0.1) is 0 Å². The Morgan fingerprint density at radius 2 is 0.737 bits per heavy atom. The van der Waals surface area contributed by atoms with Gasteiger partial charge in [-0.3, -0.25) is 0 Å². The van der Waals surface area contributed by atoms with Gasteiger partial charge in [-0.15, -0.1) is 13.2 Å². The molecular weight excluding hydrogens is 456 g/mol. The lowest BCUT2D eigenvalue weighted by Gasteiger charge is -2.42. The van der Waals surface area contributed by atoms with E-state index < -0.39 is 0 Å². The predicted octanol–water partition coefficient (Wildman–Crippen LogP) is 12.4. The van der Waals surface area contributed by atoms with Crippen molar-refractivity contribution >= 4 is 0 Å². The fourth-order valence-corrected chi connectivity index (χ4v) is 8.08. The van der Waals surface area contributed by atoms with Crippen molar-refractivity contribution < 1.29 is 0 Å². The van der Waals surface area contributed by atoms with E-state index >= 15 is 0 Å². The maximum Gasteiger partial charge on any atom is -0.00983 e. The summed E-state index contributed by atoms with van der Waals surface area (Å²) in [6.07, 6.45) is 11.0. The van der Waals surface area contributed by atoms with Gasteiger partial charge in [0.2, 0.25) is 0 Å². The summed E-state index contributed by atoms with van der Waals surface area (Å²) in [5.41, 5.74) is 5.74. The van der Waals surface area contributed by atoms with Crippen molar-refractivity contribution in [2.24, 2.45) is 21.7 Å². The van der Waals surface area contributed by atoms with Crippen LogP contribution >= 0.6 is 0 Å². The average molecular weight is 523 g/mol. The monoisotopic (exact) mass is 523 g/mol. The fraction of sp³-hybridized carbons (Fsp3) is 0.737. The Kier molecular flexibility index (Phi) is 10.7. The van der Waals surface area contributed by atoms with E-state index in [-0.39, 0.29) is 37.9 Å². The van der Waals surface area contributed by atoms with Crippen LogP contribution in [-0.4, -0.2) is 0 Å². The first kappa shape index (κ1) is 34.7. The Bertz CT molecular complexity index is 868. The lowest BCUT2D eigenvalue weighted by Crippen LogP contribution is -2.33. The third kappa shape index (κ3) is 10.7. The minimum atomic E-state index is 0.0846. The molecule has 0 bridgehead atoms. The van der Waals surface area contributed by atoms with Crippen molar-refractivity contribution in [1.29, 1.82) is 0 Å². The molecule has 1 aromatic carbocycles. The van der Waals surface area contributed by atoms with Gasteiger partial charge < -0.3 is 0 Å². The van der Waals surface area contributed by atoms with Gasteiger partial charge in [0.15, 0.2) is 0 Å². The number of hydrogen-bond acceptors (Lipinski definition) is 0. The van der Waals surface area contributed by atoms with Crippen LogP contribution in [0.5, 0.6) is 0 Å². The summed E-state index contributed by atoms with van der Waals surface area (Å²) in [5, 5.41) is 0. The number of rotatable bonds is 14. The highest BCUT2D eigenvalue weighted by atomic mass is 14.4. The second-order valence-electron chi connectivity index (χ2n) is 18.2. The van der Waals surface area contributed by atoms with Crippen LogP contribution in [0.3, 0.4) is 0 Å². The van der Waals surface area contributed by atoms with Gasteiger partial charge in [-0.1, -0.05) is 134 Å².